The molecular formula is C19H18N4O2S2. The first kappa shape index (κ1) is 19.1. The van der Waals surface area contributed by atoms with E-state index in [0.29, 0.717) is 17.2 Å². The summed E-state index contributed by atoms with van der Waals surface area (Å²) in [6, 6.07) is 17.2. The minimum atomic E-state index is -0.239. The zero-order valence-corrected chi connectivity index (χ0v) is 16.3. The second-order valence-electron chi connectivity index (χ2n) is 5.71. The van der Waals surface area contributed by atoms with Crippen molar-refractivity contribution < 1.29 is 9.59 Å². The summed E-state index contributed by atoms with van der Waals surface area (Å²) in [5, 5.41) is 14.1. The number of anilines is 1. The van der Waals surface area contributed by atoms with Gasteiger partial charge >= 0.3 is 0 Å². The molecule has 8 heteroatoms. The van der Waals surface area contributed by atoms with E-state index in [9.17, 15) is 9.59 Å². The van der Waals surface area contributed by atoms with Gasteiger partial charge in [0.15, 0.2) is 4.34 Å². The summed E-state index contributed by atoms with van der Waals surface area (Å²) in [5.74, 6) is 0.477. The number of thioether (sulfide) groups is 1. The number of nitrogens with zero attached hydrogens (tertiary/aromatic N) is 2. The van der Waals surface area contributed by atoms with Crippen LogP contribution in [0.15, 0.2) is 58.9 Å². The van der Waals surface area contributed by atoms with E-state index in [2.05, 4.69) is 33.0 Å². The standard InChI is InChI=1S/C19H18N4O2S2/c1-13(24)20-11-14-7-9-16(10-8-14)17(25)21-18-22-23-19(27-18)26-12-15-5-3-2-4-6-15/h2-10H,11-12H2,1H3,(H,20,24)(H,21,22,25). The van der Waals surface area contributed by atoms with Gasteiger partial charge < -0.3 is 5.32 Å². The fourth-order valence-corrected chi connectivity index (χ4v) is 3.91. The second-order valence-corrected chi connectivity index (χ2v) is 7.91. The molecule has 3 rings (SSSR count). The second kappa shape index (κ2) is 9.29. The third-order valence-corrected chi connectivity index (χ3v) is 5.63. The Hall–Kier alpha value is -2.71. The Morgan fingerprint density at radius 1 is 1.00 bits per heavy atom. The van der Waals surface area contributed by atoms with Crippen molar-refractivity contribution in [1.82, 2.24) is 15.5 Å². The van der Waals surface area contributed by atoms with Crippen molar-refractivity contribution >= 4 is 40.0 Å². The van der Waals surface area contributed by atoms with E-state index in [-0.39, 0.29) is 11.8 Å². The number of benzene rings is 2. The molecule has 138 valence electrons. The number of hydrogen-bond acceptors (Lipinski definition) is 6. The third-order valence-electron chi connectivity index (χ3n) is 3.59. The number of hydrogen-bond donors (Lipinski definition) is 2. The molecule has 0 aliphatic rings. The van der Waals surface area contributed by atoms with Crippen LogP contribution in [0, 0.1) is 0 Å². The molecule has 0 bridgehead atoms. The lowest BCUT2D eigenvalue weighted by Crippen LogP contribution is -2.19. The highest BCUT2D eigenvalue weighted by Crippen LogP contribution is 2.28. The maximum atomic E-state index is 12.3. The SMILES string of the molecule is CC(=O)NCc1ccc(C(=O)Nc2nnc(SCc3ccccc3)s2)cc1. The molecule has 2 aromatic carbocycles. The van der Waals surface area contributed by atoms with Crippen LogP contribution in [0.25, 0.3) is 0 Å². The normalized spacial score (nSPS) is 10.4. The van der Waals surface area contributed by atoms with Crippen LogP contribution < -0.4 is 10.6 Å². The molecule has 0 radical (unpaired) electrons. The summed E-state index contributed by atoms with van der Waals surface area (Å²) in [7, 11) is 0. The van der Waals surface area contributed by atoms with Crippen LogP contribution in [0.1, 0.15) is 28.4 Å². The quantitative estimate of drug-likeness (QED) is 0.468. The van der Waals surface area contributed by atoms with Crippen molar-refractivity contribution in [3.8, 4) is 0 Å². The molecule has 0 unspecified atom stereocenters. The summed E-state index contributed by atoms with van der Waals surface area (Å²) in [5.41, 5.74) is 2.66. The van der Waals surface area contributed by atoms with Gasteiger partial charge in [0.1, 0.15) is 0 Å². The lowest BCUT2D eigenvalue weighted by molar-refractivity contribution is -0.119. The summed E-state index contributed by atoms with van der Waals surface area (Å²) in [6.45, 7) is 1.91. The molecule has 2 N–H and O–H groups in total. The highest BCUT2D eigenvalue weighted by molar-refractivity contribution is 8.00. The van der Waals surface area contributed by atoms with Crippen molar-refractivity contribution in [2.75, 3.05) is 5.32 Å². The van der Waals surface area contributed by atoms with Crippen LogP contribution in [0.4, 0.5) is 5.13 Å². The van der Waals surface area contributed by atoms with Crippen molar-refractivity contribution in [1.29, 1.82) is 0 Å². The molecule has 0 atom stereocenters. The van der Waals surface area contributed by atoms with Gasteiger partial charge in [0.2, 0.25) is 11.0 Å². The Kier molecular flexibility index (Phi) is 6.56. The average molecular weight is 399 g/mol. The molecule has 0 saturated carbocycles. The van der Waals surface area contributed by atoms with Crippen LogP contribution in [0.5, 0.6) is 0 Å². The van der Waals surface area contributed by atoms with E-state index in [0.717, 1.165) is 15.7 Å². The summed E-state index contributed by atoms with van der Waals surface area (Å²) < 4.78 is 0.805. The van der Waals surface area contributed by atoms with E-state index in [1.807, 2.05) is 30.3 Å². The summed E-state index contributed by atoms with van der Waals surface area (Å²) in [4.78, 5) is 23.3. The molecule has 3 aromatic rings. The number of nitrogens with one attached hydrogen (secondary N) is 2. The molecule has 1 heterocycles. The smallest absolute Gasteiger partial charge is 0.257 e. The molecule has 27 heavy (non-hydrogen) atoms. The summed E-state index contributed by atoms with van der Waals surface area (Å²) >= 11 is 2.94. The first-order valence-electron chi connectivity index (χ1n) is 8.25. The Bertz CT molecular complexity index is 911. The Labute approximate surface area is 165 Å². The van der Waals surface area contributed by atoms with E-state index in [1.165, 1.54) is 23.8 Å². The van der Waals surface area contributed by atoms with Gasteiger partial charge in [0.25, 0.3) is 5.91 Å². The predicted molar refractivity (Wildman–Crippen MR) is 108 cm³/mol. The van der Waals surface area contributed by atoms with Crippen molar-refractivity contribution in [2.45, 2.75) is 23.6 Å². The van der Waals surface area contributed by atoms with Gasteiger partial charge in [0, 0.05) is 24.8 Å². The van der Waals surface area contributed by atoms with Crippen LogP contribution in [0.3, 0.4) is 0 Å². The number of carbonyl (C=O) groups is 2. The third kappa shape index (κ3) is 5.90. The maximum Gasteiger partial charge on any atom is 0.257 e. The minimum Gasteiger partial charge on any atom is -0.352 e. The Morgan fingerprint density at radius 3 is 2.44 bits per heavy atom. The van der Waals surface area contributed by atoms with Crippen molar-refractivity contribution in [2.24, 2.45) is 0 Å². The number of rotatable bonds is 7. The van der Waals surface area contributed by atoms with Crippen molar-refractivity contribution in [3.63, 3.8) is 0 Å². The van der Waals surface area contributed by atoms with E-state index < -0.39 is 0 Å². The molecule has 6 nitrogen and oxygen atoms in total. The predicted octanol–water partition coefficient (Wildman–Crippen LogP) is 3.72. The molecule has 2 amide bonds. The van der Waals surface area contributed by atoms with Gasteiger partial charge in [-0.1, -0.05) is 65.6 Å². The number of amides is 2. The molecular weight excluding hydrogens is 380 g/mol. The highest BCUT2D eigenvalue weighted by atomic mass is 32.2. The van der Waals surface area contributed by atoms with Crippen molar-refractivity contribution in [3.05, 3.63) is 71.3 Å². The molecule has 0 spiro atoms. The maximum absolute atomic E-state index is 12.3. The molecule has 0 aliphatic carbocycles. The minimum absolute atomic E-state index is 0.0889. The Balaban J connectivity index is 1.53. The van der Waals surface area contributed by atoms with Crippen LogP contribution >= 0.6 is 23.1 Å². The largest absolute Gasteiger partial charge is 0.352 e. The fraction of sp³-hybridized carbons (Fsp3) is 0.158. The van der Waals surface area contributed by atoms with E-state index >= 15 is 0 Å². The van der Waals surface area contributed by atoms with Crippen LogP contribution in [0.2, 0.25) is 0 Å². The first-order chi connectivity index (χ1) is 13.1. The average Bonchev–Trinajstić information content (AvgIpc) is 3.13. The molecule has 0 aliphatic heterocycles. The lowest BCUT2D eigenvalue weighted by Gasteiger charge is -2.04. The van der Waals surface area contributed by atoms with Crippen LogP contribution in [-0.2, 0) is 17.1 Å². The molecule has 1 aromatic heterocycles. The van der Waals surface area contributed by atoms with E-state index in [4.69, 9.17) is 0 Å². The number of carbonyl (C=O) groups excluding carboxylic acids is 2. The monoisotopic (exact) mass is 398 g/mol. The zero-order valence-electron chi connectivity index (χ0n) is 14.6. The van der Waals surface area contributed by atoms with E-state index in [1.54, 1.807) is 23.9 Å². The molecule has 0 saturated heterocycles. The summed E-state index contributed by atoms with van der Waals surface area (Å²) in [6.07, 6.45) is 0. The molecule has 0 fully saturated rings. The zero-order chi connectivity index (χ0) is 19.1. The van der Waals surface area contributed by atoms with Gasteiger partial charge in [-0.3, -0.25) is 14.9 Å². The highest BCUT2D eigenvalue weighted by Gasteiger charge is 2.11. The first-order valence-corrected chi connectivity index (χ1v) is 10.1. The van der Waals surface area contributed by atoms with Gasteiger partial charge in [-0.25, -0.2) is 0 Å². The lowest BCUT2D eigenvalue weighted by atomic mass is 10.1. The fourth-order valence-electron chi connectivity index (χ4n) is 2.21. The van der Waals surface area contributed by atoms with Gasteiger partial charge in [-0.2, -0.15) is 0 Å². The van der Waals surface area contributed by atoms with Gasteiger partial charge in [-0.15, -0.1) is 10.2 Å². The topological polar surface area (TPSA) is 84.0 Å². The van der Waals surface area contributed by atoms with Gasteiger partial charge in [0.05, 0.1) is 0 Å². The number of aromatic nitrogens is 2. The van der Waals surface area contributed by atoms with Gasteiger partial charge in [-0.05, 0) is 23.3 Å². The van der Waals surface area contributed by atoms with Crippen LogP contribution in [-0.4, -0.2) is 22.0 Å². The Morgan fingerprint density at radius 2 is 1.74 bits per heavy atom.